The van der Waals surface area contributed by atoms with Gasteiger partial charge in [-0.05, 0) is 54.6 Å². The lowest BCUT2D eigenvalue weighted by molar-refractivity contribution is 0.0582. The number of nitrogens with zero attached hydrogens (tertiary/aromatic N) is 2. The minimum absolute atomic E-state index is 0.0168. The highest BCUT2D eigenvalue weighted by Crippen LogP contribution is 2.24. The number of benzene rings is 2. The summed E-state index contributed by atoms with van der Waals surface area (Å²) >= 11 is 0. The summed E-state index contributed by atoms with van der Waals surface area (Å²) in [5.74, 6) is 0.330. The quantitative estimate of drug-likeness (QED) is 0.661. The minimum Gasteiger partial charge on any atom is -0.457 e. The number of halogens is 1. The highest BCUT2D eigenvalue weighted by atomic mass is 19.1. The van der Waals surface area contributed by atoms with Crippen LogP contribution in [0.1, 0.15) is 10.5 Å². The second kappa shape index (κ2) is 7.81. The van der Waals surface area contributed by atoms with Crippen LogP contribution < -0.4 is 4.74 Å². The topological polar surface area (TPSA) is 92.5 Å². The molecule has 0 aliphatic rings. The van der Waals surface area contributed by atoms with Crippen LogP contribution in [0, 0.1) is 5.82 Å². The SMILES string of the molecule is O=C(c1ccnc(-c2ccc(Oc3ccc(F)cc3)cc2)n1)C(O)CO. The average Bonchev–Trinajstić information content (AvgIpc) is 2.69. The van der Waals surface area contributed by atoms with E-state index >= 15 is 0 Å². The largest absolute Gasteiger partial charge is 0.457 e. The molecule has 0 spiro atoms. The predicted molar refractivity (Wildman–Crippen MR) is 91.4 cm³/mol. The Morgan fingerprint density at radius 1 is 1.04 bits per heavy atom. The van der Waals surface area contributed by atoms with Crippen molar-refractivity contribution in [2.45, 2.75) is 6.10 Å². The van der Waals surface area contributed by atoms with E-state index in [-0.39, 0.29) is 11.5 Å². The summed E-state index contributed by atoms with van der Waals surface area (Å²) in [6.07, 6.45) is -0.105. The number of aliphatic hydroxyl groups excluding tert-OH is 2. The van der Waals surface area contributed by atoms with Crippen LogP contribution in [0.2, 0.25) is 0 Å². The van der Waals surface area contributed by atoms with Crippen molar-refractivity contribution in [1.82, 2.24) is 9.97 Å². The van der Waals surface area contributed by atoms with Gasteiger partial charge in [-0.25, -0.2) is 14.4 Å². The number of aliphatic hydroxyl groups is 2. The normalized spacial score (nSPS) is 11.8. The van der Waals surface area contributed by atoms with Gasteiger partial charge in [-0.2, -0.15) is 0 Å². The molecule has 1 atom stereocenters. The lowest BCUT2D eigenvalue weighted by atomic mass is 10.1. The third kappa shape index (κ3) is 4.08. The lowest BCUT2D eigenvalue weighted by Crippen LogP contribution is -2.25. The molecule has 0 bridgehead atoms. The summed E-state index contributed by atoms with van der Waals surface area (Å²) < 4.78 is 18.5. The van der Waals surface area contributed by atoms with Gasteiger partial charge >= 0.3 is 0 Å². The first kappa shape index (κ1) is 17.7. The van der Waals surface area contributed by atoms with Crippen LogP contribution >= 0.6 is 0 Å². The van der Waals surface area contributed by atoms with Crippen molar-refractivity contribution in [1.29, 1.82) is 0 Å². The fraction of sp³-hybridized carbons (Fsp3) is 0.105. The number of carbonyl (C=O) groups is 1. The van der Waals surface area contributed by atoms with Gasteiger partial charge in [0.2, 0.25) is 5.78 Å². The highest BCUT2D eigenvalue weighted by molar-refractivity contribution is 5.97. The second-order valence-electron chi connectivity index (χ2n) is 5.41. The molecule has 6 nitrogen and oxygen atoms in total. The molecule has 0 saturated heterocycles. The summed E-state index contributed by atoms with van der Waals surface area (Å²) in [6, 6.07) is 13.8. The molecule has 1 unspecified atom stereocenters. The van der Waals surface area contributed by atoms with Crippen molar-refractivity contribution in [3.05, 3.63) is 72.3 Å². The number of hydrogen-bond acceptors (Lipinski definition) is 6. The summed E-state index contributed by atoms with van der Waals surface area (Å²) in [6.45, 7) is -0.673. The van der Waals surface area contributed by atoms with E-state index in [9.17, 15) is 14.3 Å². The molecule has 2 N–H and O–H groups in total. The number of rotatable bonds is 6. The Labute approximate surface area is 148 Å². The lowest BCUT2D eigenvalue weighted by Gasteiger charge is -2.08. The van der Waals surface area contributed by atoms with Crippen molar-refractivity contribution < 1.29 is 24.1 Å². The fourth-order valence-corrected chi connectivity index (χ4v) is 2.20. The van der Waals surface area contributed by atoms with Crippen LogP contribution in [-0.4, -0.2) is 38.7 Å². The highest BCUT2D eigenvalue weighted by Gasteiger charge is 2.18. The predicted octanol–water partition coefficient (Wildman–Crippen LogP) is 2.61. The van der Waals surface area contributed by atoms with Gasteiger partial charge in [0.25, 0.3) is 0 Å². The number of aromatic nitrogens is 2. The first-order valence-electron chi connectivity index (χ1n) is 7.77. The molecule has 1 heterocycles. The van der Waals surface area contributed by atoms with E-state index in [1.54, 1.807) is 24.3 Å². The zero-order valence-electron chi connectivity index (χ0n) is 13.5. The van der Waals surface area contributed by atoms with Crippen LogP contribution in [0.4, 0.5) is 4.39 Å². The molecule has 3 aromatic rings. The standard InChI is InChI=1S/C19H15FN2O4/c20-13-3-7-15(8-4-13)26-14-5-1-12(2-6-14)19-21-10-9-16(22-19)18(25)17(24)11-23/h1-10,17,23-24H,11H2. The van der Waals surface area contributed by atoms with E-state index in [0.717, 1.165) is 0 Å². The second-order valence-corrected chi connectivity index (χ2v) is 5.41. The van der Waals surface area contributed by atoms with Crippen molar-refractivity contribution in [2.24, 2.45) is 0 Å². The molecule has 1 aromatic heterocycles. The Morgan fingerprint density at radius 2 is 1.65 bits per heavy atom. The van der Waals surface area contributed by atoms with E-state index < -0.39 is 18.5 Å². The Kier molecular flexibility index (Phi) is 5.31. The Bertz CT molecular complexity index is 898. The van der Waals surface area contributed by atoms with Crippen molar-refractivity contribution in [3.8, 4) is 22.9 Å². The summed E-state index contributed by atoms with van der Waals surface area (Å²) in [4.78, 5) is 20.1. The molecule has 0 radical (unpaired) electrons. The van der Waals surface area contributed by atoms with Crippen LogP contribution in [0.5, 0.6) is 11.5 Å². The van der Waals surface area contributed by atoms with Crippen molar-refractivity contribution >= 4 is 5.78 Å². The third-order valence-corrected chi connectivity index (χ3v) is 3.55. The van der Waals surface area contributed by atoms with E-state index in [1.807, 2.05) is 0 Å². The summed E-state index contributed by atoms with van der Waals surface area (Å²) in [7, 11) is 0. The molecular formula is C19H15FN2O4. The van der Waals surface area contributed by atoms with Gasteiger partial charge in [0, 0.05) is 11.8 Å². The monoisotopic (exact) mass is 354 g/mol. The molecule has 132 valence electrons. The molecule has 7 heteroatoms. The Balaban J connectivity index is 1.78. The first-order valence-corrected chi connectivity index (χ1v) is 7.77. The Hall–Kier alpha value is -3.16. The van der Waals surface area contributed by atoms with Gasteiger partial charge in [-0.15, -0.1) is 0 Å². The zero-order chi connectivity index (χ0) is 18.5. The van der Waals surface area contributed by atoms with Crippen LogP contribution in [-0.2, 0) is 0 Å². The molecule has 0 saturated carbocycles. The van der Waals surface area contributed by atoms with E-state index in [0.29, 0.717) is 22.9 Å². The van der Waals surface area contributed by atoms with Crippen LogP contribution in [0.15, 0.2) is 60.8 Å². The third-order valence-electron chi connectivity index (χ3n) is 3.55. The molecule has 0 aliphatic carbocycles. The number of hydrogen-bond donors (Lipinski definition) is 2. The van der Waals surface area contributed by atoms with Gasteiger partial charge in [-0.1, -0.05) is 0 Å². The van der Waals surface area contributed by atoms with Gasteiger partial charge in [0.05, 0.1) is 6.61 Å². The van der Waals surface area contributed by atoms with Crippen LogP contribution in [0.3, 0.4) is 0 Å². The molecule has 2 aromatic carbocycles. The number of Topliss-reactive ketones (excluding diaryl/α,β-unsaturated/α-hetero) is 1. The number of ketones is 1. The minimum atomic E-state index is -1.51. The Morgan fingerprint density at radius 3 is 2.27 bits per heavy atom. The van der Waals surface area contributed by atoms with Gasteiger partial charge < -0.3 is 14.9 Å². The molecule has 26 heavy (non-hydrogen) atoms. The zero-order valence-corrected chi connectivity index (χ0v) is 13.5. The van der Waals surface area contributed by atoms with E-state index in [4.69, 9.17) is 9.84 Å². The maximum atomic E-state index is 12.9. The van der Waals surface area contributed by atoms with Crippen LogP contribution in [0.25, 0.3) is 11.4 Å². The van der Waals surface area contributed by atoms with E-state index in [1.165, 1.54) is 36.5 Å². The average molecular weight is 354 g/mol. The van der Waals surface area contributed by atoms with Gasteiger partial charge in [0.15, 0.2) is 5.82 Å². The fourth-order valence-electron chi connectivity index (χ4n) is 2.20. The number of carbonyl (C=O) groups excluding carboxylic acids is 1. The van der Waals surface area contributed by atoms with Gasteiger partial charge in [-0.3, -0.25) is 4.79 Å². The molecule has 0 amide bonds. The van der Waals surface area contributed by atoms with Gasteiger partial charge in [0.1, 0.15) is 29.1 Å². The summed E-state index contributed by atoms with van der Waals surface area (Å²) in [5, 5.41) is 18.3. The maximum Gasteiger partial charge on any atom is 0.212 e. The molecule has 0 aliphatic heterocycles. The smallest absolute Gasteiger partial charge is 0.212 e. The van der Waals surface area contributed by atoms with Crippen molar-refractivity contribution in [3.63, 3.8) is 0 Å². The molecular weight excluding hydrogens is 339 g/mol. The molecule has 3 rings (SSSR count). The number of ether oxygens (including phenoxy) is 1. The molecule has 0 fully saturated rings. The maximum absolute atomic E-state index is 12.9. The first-order chi connectivity index (χ1) is 12.6. The summed E-state index contributed by atoms with van der Waals surface area (Å²) in [5.41, 5.74) is 0.660. The van der Waals surface area contributed by atoms with E-state index in [2.05, 4.69) is 9.97 Å². The van der Waals surface area contributed by atoms with Crippen molar-refractivity contribution in [2.75, 3.05) is 6.61 Å².